The molecule has 1 spiro atoms. The summed E-state index contributed by atoms with van der Waals surface area (Å²) in [6.07, 6.45) is 5.56. The van der Waals surface area contributed by atoms with Crippen molar-refractivity contribution in [2.24, 2.45) is 5.41 Å². The lowest BCUT2D eigenvalue weighted by molar-refractivity contribution is -0.122. The predicted molar refractivity (Wildman–Crippen MR) is 48.8 cm³/mol. The molecule has 2 rings (SSSR count). The molecule has 0 atom stereocenters. The Labute approximate surface area is 76.0 Å². The van der Waals surface area contributed by atoms with Gasteiger partial charge in [-0.2, -0.15) is 0 Å². The van der Waals surface area contributed by atoms with Crippen LogP contribution in [-0.4, -0.2) is 5.78 Å². The number of carbonyl (C=O) groups is 1. The SMILES string of the molecule is [2H]C1=CC2(CCCC2)C(=O)C(C)=C1[2H]. The zero-order chi connectivity index (χ0) is 10.3. The summed E-state index contributed by atoms with van der Waals surface area (Å²) in [5, 5.41) is 0. The third-order valence-electron chi connectivity index (χ3n) is 2.90. The molecule has 0 aromatic rings. The molecule has 0 radical (unpaired) electrons. The van der Waals surface area contributed by atoms with Crippen LogP contribution in [-0.2, 0) is 4.79 Å². The van der Waals surface area contributed by atoms with E-state index in [0.717, 1.165) is 25.7 Å². The van der Waals surface area contributed by atoms with Gasteiger partial charge in [-0.15, -0.1) is 0 Å². The van der Waals surface area contributed by atoms with Crippen LogP contribution in [0.2, 0.25) is 0 Å². The molecular weight excluding hydrogens is 148 g/mol. The predicted octanol–water partition coefficient (Wildman–Crippen LogP) is 2.63. The standard InChI is InChI=1S/C11H14O/c1-9-5-4-8-11(10(9)12)6-2-3-7-11/h4-5,8H,2-3,6-7H2,1H3/i4D,5D. The van der Waals surface area contributed by atoms with Gasteiger partial charge in [-0.1, -0.05) is 31.0 Å². The highest BCUT2D eigenvalue weighted by molar-refractivity contribution is 6.02. The summed E-state index contributed by atoms with van der Waals surface area (Å²) in [6.45, 7) is 1.67. The van der Waals surface area contributed by atoms with Crippen LogP contribution in [0, 0.1) is 5.41 Å². The fraction of sp³-hybridized carbons (Fsp3) is 0.545. The van der Waals surface area contributed by atoms with Gasteiger partial charge in [0.15, 0.2) is 5.78 Å². The van der Waals surface area contributed by atoms with Crippen LogP contribution in [0.3, 0.4) is 0 Å². The molecule has 0 aromatic carbocycles. The molecule has 64 valence electrons. The molecule has 0 unspecified atom stereocenters. The highest BCUT2D eigenvalue weighted by Gasteiger charge is 2.39. The number of allylic oxidation sites excluding steroid dienone is 4. The first kappa shape index (κ1) is 5.74. The van der Waals surface area contributed by atoms with E-state index in [4.69, 9.17) is 2.74 Å². The lowest BCUT2D eigenvalue weighted by atomic mass is 9.76. The number of carbonyl (C=O) groups excluding carboxylic acids is 1. The van der Waals surface area contributed by atoms with E-state index in [9.17, 15) is 4.79 Å². The number of Topliss-reactive ketones (excluding diaryl/α,β-unsaturated/α-hetero) is 1. The number of ketones is 1. The van der Waals surface area contributed by atoms with Gasteiger partial charge in [0.25, 0.3) is 0 Å². The highest BCUT2D eigenvalue weighted by atomic mass is 16.1. The zero-order valence-corrected chi connectivity index (χ0v) is 7.31. The summed E-state index contributed by atoms with van der Waals surface area (Å²) in [6, 6.07) is 0.330. The first-order valence-electron chi connectivity index (χ1n) is 5.49. The minimum atomic E-state index is -0.411. The van der Waals surface area contributed by atoms with E-state index in [1.165, 1.54) is 0 Å². The fourth-order valence-corrected chi connectivity index (χ4v) is 2.16. The minimum absolute atomic E-state index is 0.0796. The summed E-state index contributed by atoms with van der Waals surface area (Å²) in [7, 11) is 0. The van der Waals surface area contributed by atoms with Crippen LogP contribution in [0.15, 0.2) is 23.8 Å². The molecular formula is C11H14O. The van der Waals surface area contributed by atoms with Gasteiger partial charge >= 0.3 is 0 Å². The van der Waals surface area contributed by atoms with Crippen molar-refractivity contribution in [3.05, 3.63) is 23.8 Å². The molecule has 2 aliphatic carbocycles. The maximum absolute atomic E-state index is 12.0. The van der Waals surface area contributed by atoms with Crippen molar-refractivity contribution in [3.8, 4) is 0 Å². The van der Waals surface area contributed by atoms with Crippen molar-refractivity contribution in [3.63, 3.8) is 0 Å². The number of hydrogen-bond acceptors (Lipinski definition) is 1. The van der Waals surface area contributed by atoms with E-state index in [2.05, 4.69) is 0 Å². The Kier molecular flexibility index (Phi) is 1.23. The van der Waals surface area contributed by atoms with Crippen molar-refractivity contribution in [1.29, 1.82) is 0 Å². The molecule has 1 heteroatoms. The summed E-state index contributed by atoms with van der Waals surface area (Å²) in [5.74, 6) is 0.0796. The first-order chi connectivity index (χ1) is 6.57. The van der Waals surface area contributed by atoms with Crippen LogP contribution >= 0.6 is 0 Å². The van der Waals surface area contributed by atoms with Crippen molar-refractivity contribution in [2.45, 2.75) is 32.6 Å². The van der Waals surface area contributed by atoms with Gasteiger partial charge < -0.3 is 0 Å². The van der Waals surface area contributed by atoms with E-state index in [1.807, 2.05) is 0 Å². The third-order valence-corrected chi connectivity index (χ3v) is 2.90. The molecule has 2 aliphatic rings. The Morgan fingerprint density at radius 2 is 2.17 bits per heavy atom. The molecule has 0 saturated heterocycles. The quantitative estimate of drug-likeness (QED) is 0.538. The Morgan fingerprint density at radius 3 is 2.83 bits per heavy atom. The fourth-order valence-electron chi connectivity index (χ4n) is 2.16. The highest BCUT2D eigenvalue weighted by Crippen LogP contribution is 2.43. The number of hydrogen-bond donors (Lipinski definition) is 0. The van der Waals surface area contributed by atoms with E-state index in [1.54, 1.807) is 13.0 Å². The van der Waals surface area contributed by atoms with Crippen LogP contribution < -0.4 is 0 Å². The normalized spacial score (nSPS) is 30.4. The maximum atomic E-state index is 12.0. The average Bonchev–Trinajstić information content (AvgIpc) is 2.62. The van der Waals surface area contributed by atoms with E-state index in [-0.39, 0.29) is 17.9 Å². The molecule has 1 fully saturated rings. The summed E-state index contributed by atoms with van der Waals surface area (Å²) in [5.41, 5.74) is 0.0607. The number of rotatable bonds is 0. The lowest BCUT2D eigenvalue weighted by Gasteiger charge is -2.25. The van der Waals surface area contributed by atoms with Gasteiger partial charge in [-0.05, 0) is 25.3 Å². The molecule has 0 aromatic heterocycles. The summed E-state index contributed by atoms with van der Waals surface area (Å²) >= 11 is 0. The Bertz CT molecular complexity index is 346. The largest absolute Gasteiger partial charge is 0.294 e. The molecule has 0 N–H and O–H groups in total. The minimum Gasteiger partial charge on any atom is -0.294 e. The van der Waals surface area contributed by atoms with E-state index < -0.39 is 5.41 Å². The van der Waals surface area contributed by atoms with Crippen molar-refractivity contribution < 1.29 is 7.54 Å². The summed E-state index contributed by atoms with van der Waals surface area (Å²) in [4.78, 5) is 12.0. The second kappa shape index (κ2) is 2.58. The van der Waals surface area contributed by atoms with Crippen LogP contribution in [0.1, 0.15) is 35.3 Å². The monoisotopic (exact) mass is 164 g/mol. The Morgan fingerprint density at radius 1 is 1.50 bits per heavy atom. The zero-order valence-electron chi connectivity index (χ0n) is 9.31. The molecule has 0 heterocycles. The third kappa shape index (κ3) is 0.961. The molecule has 0 bridgehead atoms. The van der Waals surface area contributed by atoms with Gasteiger partial charge in [-0.25, -0.2) is 0 Å². The van der Waals surface area contributed by atoms with Crippen molar-refractivity contribution >= 4 is 5.78 Å². The van der Waals surface area contributed by atoms with Crippen LogP contribution in [0.5, 0.6) is 0 Å². The average molecular weight is 164 g/mol. The van der Waals surface area contributed by atoms with E-state index >= 15 is 0 Å². The second-order valence-corrected chi connectivity index (χ2v) is 3.73. The van der Waals surface area contributed by atoms with Gasteiger partial charge in [0.2, 0.25) is 0 Å². The second-order valence-electron chi connectivity index (χ2n) is 3.73. The van der Waals surface area contributed by atoms with Gasteiger partial charge in [0, 0.05) is 0 Å². The van der Waals surface area contributed by atoms with E-state index in [0.29, 0.717) is 5.57 Å². The Hall–Kier alpha value is -0.850. The molecule has 12 heavy (non-hydrogen) atoms. The van der Waals surface area contributed by atoms with Crippen LogP contribution in [0.25, 0.3) is 0 Å². The molecule has 1 saturated carbocycles. The van der Waals surface area contributed by atoms with Gasteiger partial charge in [0.1, 0.15) is 0 Å². The smallest absolute Gasteiger partial charge is 0.168 e. The maximum Gasteiger partial charge on any atom is 0.168 e. The molecule has 0 amide bonds. The first-order valence-corrected chi connectivity index (χ1v) is 4.49. The van der Waals surface area contributed by atoms with Crippen molar-refractivity contribution in [1.82, 2.24) is 0 Å². The van der Waals surface area contributed by atoms with Crippen LogP contribution in [0.4, 0.5) is 0 Å². The molecule has 1 nitrogen and oxygen atoms in total. The lowest BCUT2D eigenvalue weighted by Crippen LogP contribution is -2.28. The Balaban J connectivity index is 2.46. The van der Waals surface area contributed by atoms with Gasteiger partial charge in [0.05, 0.1) is 8.16 Å². The summed E-state index contributed by atoms with van der Waals surface area (Å²) < 4.78 is 15.2. The topological polar surface area (TPSA) is 17.1 Å². The van der Waals surface area contributed by atoms with Gasteiger partial charge in [-0.3, -0.25) is 4.79 Å². The molecule has 0 aliphatic heterocycles. The van der Waals surface area contributed by atoms with Crippen molar-refractivity contribution in [2.75, 3.05) is 0 Å².